The SMILES string of the molecule is N#CCCCn1c(-c2ccccc2)nc2sc3c(c2c1=O)CCC3. The zero-order chi connectivity index (χ0) is 16.5. The lowest BCUT2D eigenvalue weighted by Crippen LogP contribution is -2.23. The van der Waals surface area contributed by atoms with Crippen LogP contribution in [-0.4, -0.2) is 9.55 Å². The standard InChI is InChI=1S/C19H17N3OS/c20-11-4-5-12-22-17(13-7-2-1-3-8-13)21-18-16(19(22)23)14-9-6-10-15(14)24-18/h1-3,7-8H,4-6,9-10,12H2. The quantitative estimate of drug-likeness (QED) is 0.679. The van der Waals surface area contributed by atoms with E-state index in [2.05, 4.69) is 6.07 Å². The van der Waals surface area contributed by atoms with Crippen LogP contribution in [0.1, 0.15) is 29.7 Å². The maximum atomic E-state index is 13.2. The molecule has 2 aromatic heterocycles. The molecule has 1 aromatic carbocycles. The molecule has 0 N–H and O–H groups in total. The Morgan fingerprint density at radius 1 is 1.25 bits per heavy atom. The van der Waals surface area contributed by atoms with Gasteiger partial charge in [0.05, 0.1) is 11.5 Å². The van der Waals surface area contributed by atoms with E-state index in [-0.39, 0.29) is 5.56 Å². The number of nitriles is 1. The number of aromatic nitrogens is 2. The van der Waals surface area contributed by atoms with E-state index in [0.29, 0.717) is 25.2 Å². The van der Waals surface area contributed by atoms with Gasteiger partial charge in [0.15, 0.2) is 0 Å². The van der Waals surface area contributed by atoms with E-state index in [1.165, 1.54) is 10.4 Å². The van der Waals surface area contributed by atoms with Gasteiger partial charge in [-0.25, -0.2) is 4.98 Å². The Kier molecular flexibility index (Phi) is 3.91. The van der Waals surface area contributed by atoms with Crippen LogP contribution in [0.2, 0.25) is 0 Å². The molecule has 0 fully saturated rings. The van der Waals surface area contributed by atoms with Crippen LogP contribution in [0.25, 0.3) is 21.6 Å². The maximum absolute atomic E-state index is 13.2. The molecule has 2 heterocycles. The Morgan fingerprint density at radius 3 is 2.88 bits per heavy atom. The van der Waals surface area contributed by atoms with E-state index in [1.54, 1.807) is 15.9 Å². The Labute approximate surface area is 144 Å². The fourth-order valence-electron chi connectivity index (χ4n) is 3.41. The lowest BCUT2D eigenvalue weighted by molar-refractivity contribution is 0.634. The van der Waals surface area contributed by atoms with Crippen molar-refractivity contribution in [3.8, 4) is 17.5 Å². The number of thiophene rings is 1. The van der Waals surface area contributed by atoms with E-state index in [4.69, 9.17) is 10.2 Å². The average Bonchev–Trinajstić information content (AvgIpc) is 3.18. The summed E-state index contributed by atoms with van der Waals surface area (Å²) in [5.74, 6) is 0.714. The monoisotopic (exact) mass is 335 g/mol. The van der Waals surface area contributed by atoms with Gasteiger partial charge in [0.25, 0.3) is 5.56 Å². The molecule has 0 unspecified atom stereocenters. The first kappa shape index (κ1) is 15.1. The number of fused-ring (bicyclic) bond motifs is 3. The van der Waals surface area contributed by atoms with Crippen LogP contribution >= 0.6 is 11.3 Å². The highest BCUT2D eigenvalue weighted by atomic mass is 32.1. The van der Waals surface area contributed by atoms with E-state index in [9.17, 15) is 4.79 Å². The second-order valence-corrected chi connectivity index (χ2v) is 7.14. The summed E-state index contributed by atoms with van der Waals surface area (Å²) in [6.45, 7) is 0.532. The van der Waals surface area contributed by atoms with Gasteiger partial charge in [-0.05, 0) is 31.2 Å². The Balaban J connectivity index is 1.95. The van der Waals surface area contributed by atoms with Gasteiger partial charge in [0, 0.05) is 23.4 Å². The van der Waals surface area contributed by atoms with Crippen molar-refractivity contribution in [1.82, 2.24) is 9.55 Å². The van der Waals surface area contributed by atoms with Crippen molar-refractivity contribution in [3.05, 3.63) is 51.1 Å². The topological polar surface area (TPSA) is 58.7 Å². The molecule has 0 aliphatic heterocycles. The van der Waals surface area contributed by atoms with E-state index >= 15 is 0 Å². The van der Waals surface area contributed by atoms with Crippen molar-refractivity contribution in [3.63, 3.8) is 0 Å². The van der Waals surface area contributed by atoms with Gasteiger partial charge in [0.2, 0.25) is 0 Å². The second kappa shape index (κ2) is 6.21. The fourth-order valence-corrected chi connectivity index (χ4v) is 4.66. The smallest absolute Gasteiger partial charge is 0.262 e. The first-order valence-electron chi connectivity index (χ1n) is 8.27. The lowest BCUT2D eigenvalue weighted by atomic mass is 10.1. The second-order valence-electron chi connectivity index (χ2n) is 6.06. The lowest BCUT2D eigenvalue weighted by Gasteiger charge is -2.12. The van der Waals surface area contributed by atoms with Crippen molar-refractivity contribution in [2.75, 3.05) is 0 Å². The van der Waals surface area contributed by atoms with Crippen LogP contribution in [0.15, 0.2) is 35.1 Å². The Hall–Kier alpha value is -2.45. The van der Waals surface area contributed by atoms with E-state index < -0.39 is 0 Å². The van der Waals surface area contributed by atoms with Gasteiger partial charge in [0.1, 0.15) is 10.7 Å². The third-order valence-corrected chi connectivity index (χ3v) is 5.71. The summed E-state index contributed by atoms with van der Waals surface area (Å²) in [6.07, 6.45) is 4.28. The first-order chi connectivity index (χ1) is 11.8. The van der Waals surface area contributed by atoms with Gasteiger partial charge >= 0.3 is 0 Å². The predicted octanol–water partition coefficient (Wildman–Crippen LogP) is 3.92. The molecule has 0 amide bonds. The third kappa shape index (κ3) is 2.44. The molecule has 4 rings (SSSR count). The summed E-state index contributed by atoms with van der Waals surface area (Å²) in [5, 5.41) is 9.62. The van der Waals surface area contributed by atoms with E-state index in [1.807, 2.05) is 30.3 Å². The molecule has 0 atom stereocenters. The van der Waals surface area contributed by atoms with Gasteiger partial charge in [-0.3, -0.25) is 9.36 Å². The molecule has 0 bridgehead atoms. The molecule has 0 radical (unpaired) electrons. The van der Waals surface area contributed by atoms with E-state index in [0.717, 1.165) is 35.0 Å². The molecule has 0 spiro atoms. The Bertz CT molecular complexity index is 995. The molecule has 24 heavy (non-hydrogen) atoms. The number of hydrogen-bond acceptors (Lipinski definition) is 4. The molecular formula is C19H17N3OS. The zero-order valence-electron chi connectivity index (χ0n) is 13.3. The summed E-state index contributed by atoms with van der Waals surface area (Å²) >= 11 is 1.67. The van der Waals surface area contributed by atoms with Crippen molar-refractivity contribution in [2.45, 2.75) is 38.6 Å². The van der Waals surface area contributed by atoms with Crippen molar-refractivity contribution in [1.29, 1.82) is 5.26 Å². The van der Waals surface area contributed by atoms with Crippen molar-refractivity contribution in [2.24, 2.45) is 0 Å². The Morgan fingerprint density at radius 2 is 2.08 bits per heavy atom. The molecule has 3 aromatic rings. The molecular weight excluding hydrogens is 318 g/mol. The minimum Gasteiger partial charge on any atom is -0.292 e. The minimum atomic E-state index is 0.0520. The largest absolute Gasteiger partial charge is 0.292 e. The summed E-state index contributed by atoms with van der Waals surface area (Å²) in [6, 6.07) is 12.0. The molecule has 0 saturated carbocycles. The van der Waals surface area contributed by atoms with Crippen LogP contribution in [0, 0.1) is 11.3 Å². The molecule has 120 valence electrons. The number of nitrogens with zero attached hydrogens (tertiary/aromatic N) is 3. The average molecular weight is 335 g/mol. The van der Waals surface area contributed by atoms with Crippen LogP contribution in [-0.2, 0) is 19.4 Å². The van der Waals surface area contributed by atoms with Gasteiger partial charge in [-0.15, -0.1) is 11.3 Å². The highest BCUT2D eigenvalue weighted by molar-refractivity contribution is 7.18. The van der Waals surface area contributed by atoms with Crippen LogP contribution in [0.4, 0.5) is 0 Å². The number of unbranched alkanes of at least 4 members (excludes halogenated alkanes) is 1. The minimum absolute atomic E-state index is 0.0520. The summed E-state index contributed by atoms with van der Waals surface area (Å²) in [7, 11) is 0. The van der Waals surface area contributed by atoms with Crippen LogP contribution in [0.3, 0.4) is 0 Å². The molecule has 1 aliphatic carbocycles. The third-order valence-electron chi connectivity index (χ3n) is 4.53. The van der Waals surface area contributed by atoms with Crippen LogP contribution in [0.5, 0.6) is 0 Å². The highest BCUT2D eigenvalue weighted by Gasteiger charge is 2.23. The molecule has 0 saturated heterocycles. The normalized spacial score (nSPS) is 13.1. The number of aryl methyl sites for hydroxylation is 2. The number of hydrogen-bond donors (Lipinski definition) is 0. The molecule has 4 nitrogen and oxygen atoms in total. The van der Waals surface area contributed by atoms with Gasteiger partial charge in [-0.1, -0.05) is 30.3 Å². The van der Waals surface area contributed by atoms with Crippen molar-refractivity contribution < 1.29 is 0 Å². The van der Waals surface area contributed by atoms with Gasteiger partial charge in [-0.2, -0.15) is 5.26 Å². The number of benzene rings is 1. The summed E-state index contributed by atoms with van der Waals surface area (Å²) in [4.78, 5) is 20.2. The fraction of sp³-hybridized carbons (Fsp3) is 0.316. The zero-order valence-corrected chi connectivity index (χ0v) is 14.1. The number of rotatable bonds is 4. The maximum Gasteiger partial charge on any atom is 0.262 e. The predicted molar refractivity (Wildman–Crippen MR) is 96.2 cm³/mol. The highest BCUT2D eigenvalue weighted by Crippen LogP contribution is 2.35. The van der Waals surface area contributed by atoms with Gasteiger partial charge < -0.3 is 0 Å². The van der Waals surface area contributed by atoms with Crippen LogP contribution < -0.4 is 5.56 Å². The molecule has 1 aliphatic rings. The van der Waals surface area contributed by atoms with Crippen molar-refractivity contribution >= 4 is 21.6 Å². The summed E-state index contributed by atoms with van der Waals surface area (Å²) < 4.78 is 1.76. The first-order valence-corrected chi connectivity index (χ1v) is 9.08. The summed E-state index contributed by atoms with van der Waals surface area (Å²) in [5.41, 5.74) is 2.21. The molecule has 5 heteroatoms.